The first-order valence-electron chi connectivity index (χ1n) is 8.07. The van der Waals surface area contributed by atoms with E-state index in [9.17, 15) is 4.79 Å². The summed E-state index contributed by atoms with van der Waals surface area (Å²) in [5.41, 5.74) is 2.34. The van der Waals surface area contributed by atoms with Gasteiger partial charge in [0.05, 0.1) is 11.3 Å². The van der Waals surface area contributed by atoms with Gasteiger partial charge >= 0.3 is 0 Å². The van der Waals surface area contributed by atoms with Gasteiger partial charge in [-0.15, -0.1) is 0 Å². The summed E-state index contributed by atoms with van der Waals surface area (Å²) in [6.07, 6.45) is 1.43. The van der Waals surface area contributed by atoms with E-state index in [-0.39, 0.29) is 18.6 Å². The number of hydrogen-bond donors (Lipinski definition) is 2. The lowest BCUT2D eigenvalue weighted by Gasteiger charge is -2.13. The van der Waals surface area contributed by atoms with E-state index in [1.54, 1.807) is 24.3 Å². The molecule has 1 aromatic heterocycles. The lowest BCUT2D eigenvalue weighted by Crippen LogP contribution is -2.32. The van der Waals surface area contributed by atoms with Crippen LogP contribution < -0.4 is 10.1 Å². The predicted molar refractivity (Wildman–Crippen MR) is 90.0 cm³/mol. The number of nitrogens with zero attached hydrogens (tertiary/aromatic N) is 1. The van der Waals surface area contributed by atoms with E-state index in [4.69, 9.17) is 14.4 Å². The first kappa shape index (κ1) is 18.0. The summed E-state index contributed by atoms with van der Waals surface area (Å²) in [7, 11) is 0. The number of rotatable bonds is 8. The minimum absolute atomic E-state index is 0.0279. The van der Waals surface area contributed by atoms with Gasteiger partial charge in [-0.2, -0.15) is 0 Å². The Morgan fingerprint density at radius 2 is 2.04 bits per heavy atom. The summed E-state index contributed by atoms with van der Waals surface area (Å²) in [4.78, 5) is 12.1. The number of aryl methyl sites for hydroxylation is 2. The van der Waals surface area contributed by atoms with Gasteiger partial charge in [0.15, 0.2) is 0 Å². The molecule has 0 spiro atoms. The number of carbonyl (C=O) groups is 1. The number of nitrogens with one attached hydrogen (secondary N) is 1. The van der Waals surface area contributed by atoms with Crippen LogP contribution in [0.25, 0.3) is 0 Å². The van der Waals surface area contributed by atoms with Gasteiger partial charge in [0.25, 0.3) is 5.91 Å². The Kier molecular flexibility index (Phi) is 6.37. The minimum atomic E-state index is -0.127. The highest BCUT2D eigenvalue weighted by Crippen LogP contribution is 2.18. The van der Waals surface area contributed by atoms with Gasteiger partial charge < -0.3 is 19.7 Å². The van der Waals surface area contributed by atoms with Gasteiger partial charge in [0.2, 0.25) is 0 Å². The molecule has 6 heteroatoms. The van der Waals surface area contributed by atoms with Gasteiger partial charge in [-0.05, 0) is 57.9 Å². The molecule has 1 aromatic carbocycles. The predicted octanol–water partition coefficient (Wildman–Crippen LogP) is 2.76. The van der Waals surface area contributed by atoms with Crippen LogP contribution in [-0.2, 0) is 6.61 Å². The van der Waals surface area contributed by atoms with Crippen LogP contribution in [0.1, 0.15) is 47.1 Å². The zero-order chi connectivity index (χ0) is 17.5. The van der Waals surface area contributed by atoms with E-state index in [0.29, 0.717) is 24.3 Å². The second kappa shape index (κ2) is 8.49. The van der Waals surface area contributed by atoms with Gasteiger partial charge in [-0.3, -0.25) is 4.79 Å². The highest BCUT2D eigenvalue weighted by Gasteiger charge is 2.11. The molecule has 24 heavy (non-hydrogen) atoms. The Morgan fingerprint density at radius 3 is 2.62 bits per heavy atom. The number of carbonyl (C=O) groups excluding carboxylic acids is 1. The monoisotopic (exact) mass is 332 g/mol. The van der Waals surface area contributed by atoms with E-state index in [1.807, 2.05) is 20.8 Å². The molecule has 1 atom stereocenters. The van der Waals surface area contributed by atoms with Gasteiger partial charge in [-0.25, -0.2) is 0 Å². The maximum atomic E-state index is 12.1. The maximum absolute atomic E-state index is 12.1. The van der Waals surface area contributed by atoms with Crippen molar-refractivity contribution in [1.29, 1.82) is 0 Å². The van der Waals surface area contributed by atoms with Crippen molar-refractivity contribution in [3.63, 3.8) is 0 Å². The zero-order valence-corrected chi connectivity index (χ0v) is 14.3. The fourth-order valence-electron chi connectivity index (χ4n) is 2.34. The fourth-order valence-corrected chi connectivity index (χ4v) is 2.34. The maximum Gasteiger partial charge on any atom is 0.251 e. The highest BCUT2D eigenvalue weighted by atomic mass is 16.5. The van der Waals surface area contributed by atoms with E-state index in [0.717, 1.165) is 23.4 Å². The molecule has 0 aliphatic carbocycles. The molecule has 6 nitrogen and oxygen atoms in total. The van der Waals surface area contributed by atoms with Crippen LogP contribution in [0.15, 0.2) is 28.8 Å². The van der Waals surface area contributed by atoms with Gasteiger partial charge in [0.1, 0.15) is 18.1 Å². The van der Waals surface area contributed by atoms with Crippen molar-refractivity contribution in [2.24, 2.45) is 0 Å². The van der Waals surface area contributed by atoms with Crippen molar-refractivity contribution in [2.75, 3.05) is 6.61 Å². The molecule has 0 aliphatic heterocycles. The smallest absolute Gasteiger partial charge is 0.251 e. The third-order valence-electron chi connectivity index (χ3n) is 3.85. The van der Waals surface area contributed by atoms with Crippen LogP contribution >= 0.6 is 0 Å². The number of aliphatic hydroxyl groups is 1. The van der Waals surface area contributed by atoms with Crippen LogP contribution in [-0.4, -0.2) is 28.8 Å². The Morgan fingerprint density at radius 1 is 1.33 bits per heavy atom. The third-order valence-corrected chi connectivity index (χ3v) is 3.85. The number of aliphatic hydroxyl groups excluding tert-OH is 1. The van der Waals surface area contributed by atoms with E-state index in [1.165, 1.54) is 0 Å². The molecular weight excluding hydrogens is 308 g/mol. The second-order valence-corrected chi connectivity index (χ2v) is 5.86. The number of hydrogen-bond acceptors (Lipinski definition) is 5. The molecule has 1 amide bonds. The average molecular weight is 332 g/mol. The zero-order valence-electron chi connectivity index (χ0n) is 14.3. The Balaban J connectivity index is 1.89. The molecular formula is C18H24N2O4. The molecule has 0 aliphatic rings. The molecule has 0 radical (unpaired) electrons. The fraction of sp³-hybridized carbons (Fsp3) is 0.444. The topological polar surface area (TPSA) is 84.6 Å². The van der Waals surface area contributed by atoms with Gasteiger partial charge in [0, 0.05) is 18.2 Å². The summed E-state index contributed by atoms with van der Waals surface area (Å²) < 4.78 is 10.8. The molecule has 0 fully saturated rings. The normalized spacial score (nSPS) is 12.0. The molecule has 0 saturated heterocycles. The molecule has 2 N–H and O–H groups in total. The molecule has 1 unspecified atom stereocenters. The summed E-state index contributed by atoms with van der Waals surface area (Å²) >= 11 is 0. The highest BCUT2D eigenvalue weighted by molar-refractivity contribution is 5.94. The number of ether oxygens (including phenoxy) is 1. The lowest BCUT2D eigenvalue weighted by molar-refractivity contribution is 0.0936. The van der Waals surface area contributed by atoms with Crippen molar-refractivity contribution < 1.29 is 19.2 Å². The van der Waals surface area contributed by atoms with Crippen LogP contribution in [0, 0.1) is 13.8 Å². The van der Waals surface area contributed by atoms with E-state index < -0.39 is 0 Å². The quantitative estimate of drug-likeness (QED) is 0.776. The Hall–Kier alpha value is -2.34. The van der Waals surface area contributed by atoms with E-state index >= 15 is 0 Å². The summed E-state index contributed by atoms with van der Waals surface area (Å²) in [6, 6.07) is 7.03. The summed E-state index contributed by atoms with van der Waals surface area (Å²) in [5, 5.41) is 15.6. The van der Waals surface area contributed by atoms with Crippen LogP contribution in [0.3, 0.4) is 0 Å². The molecule has 130 valence electrons. The SMILES string of the molecule is Cc1noc(C)c1COc1ccc(C(=O)NC(C)CCCO)cc1. The summed E-state index contributed by atoms with van der Waals surface area (Å²) in [5.74, 6) is 1.30. The van der Waals surface area contributed by atoms with Crippen molar-refractivity contribution in [1.82, 2.24) is 10.5 Å². The second-order valence-electron chi connectivity index (χ2n) is 5.86. The third kappa shape index (κ3) is 4.83. The van der Waals surface area contributed by atoms with Gasteiger partial charge in [-0.1, -0.05) is 5.16 Å². The largest absolute Gasteiger partial charge is 0.489 e. The van der Waals surface area contributed by atoms with Crippen LogP contribution in [0.4, 0.5) is 0 Å². The molecule has 0 saturated carbocycles. The lowest BCUT2D eigenvalue weighted by atomic mass is 10.1. The van der Waals surface area contributed by atoms with Crippen molar-refractivity contribution in [3.8, 4) is 5.75 Å². The first-order valence-corrected chi connectivity index (χ1v) is 8.07. The average Bonchev–Trinajstić information content (AvgIpc) is 2.89. The van der Waals surface area contributed by atoms with Crippen molar-refractivity contribution in [3.05, 3.63) is 46.8 Å². The van der Waals surface area contributed by atoms with E-state index in [2.05, 4.69) is 10.5 Å². The van der Waals surface area contributed by atoms with Crippen LogP contribution in [0.5, 0.6) is 5.75 Å². The molecule has 0 bridgehead atoms. The Labute approximate surface area is 141 Å². The van der Waals surface area contributed by atoms with Crippen molar-refractivity contribution in [2.45, 2.75) is 46.3 Å². The Bertz CT molecular complexity index is 645. The number of amides is 1. The first-order chi connectivity index (χ1) is 11.5. The van der Waals surface area contributed by atoms with Crippen LogP contribution in [0.2, 0.25) is 0 Å². The number of aromatic nitrogens is 1. The molecule has 2 aromatic rings. The molecule has 2 rings (SSSR count). The standard InChI is InChI=1S/C18H24N2O4/c1-12(5-4-10-21)19-18(22)15-6-8-16(9-7-15)23-11-17-13(2)20-24-14(17)3/h6-9,12,21H,4-5,10-11H2,1-3H3,(H,19,22). The summed E-state index contributed by atoms with van der Waals surface area (Å²) in [6.45, 7) is 6.17. The molecule has 1 heterocycles. The van der Waals surface area contributed by atoms with Crippen molar-refractivity contribution >= 4 is 5.91 Å². The number of benzene rings is 1. The minimum Gasteiger partial charge on any atom is -0.489 e.